The first kappa shape index (κ1) is 17.6. The van der Waals surface area contributed by atoms with Gasteiger partial charge in [-0.25, -0.2) is 4.98 Å². The third-order valence-electron chi connectivity index (χ3n) is 4.69. The van der Waals surface area contributed by atoms with Crippen LogP contribution in [0, 0.1) is 5.92 Å². The smallest absolute Gasteiger partial charge is 0.234 e. The molecule has 0 bridgehead atoms. The highest BCUT2D eigenvalue weighted by Gasteiger charge is 2.22. The first-order valence-electron chi connectivity index (χ1n) is 9.15. The second kappa shape index (κ2) is 9.32. The molecule has 1 fully saturated rings. The van der Waals surface area contributed by atoms with Gasteiger partial charge in [0.2, 0.25) is 5.91 Å². The maximum Gasteiger partial charge on any atom is 0.234 e. The van der Waals surface area contributed by atoms with Crippen molar-refractivity contribution in [2.45, 2.75) is 32.2 Å². The van der Waals surface area contributed by atoms with Crippen LogP contribution in [0.15, 0.2) is 43.0 Å². The van der Waals surface area contributed by atoms with Gasteiger partial charge < -0.3 is 5.32 Å². The van der Waals surface area contributed by atoms with Crippen molar-refractivity contribution in [3.05, 3.63) is 48.5 Å². The summed E-state index contributed by atoms with van der Waals surface area (Å²) in [7, 11) is 0. The van der Waals surface area contributed by atoms with E-state index >= 15 is 0 Å². The molecular weight excluding hydrogens is 314 g/mol. The number of likely N-dealkylation sites (tertiary alicyclic amines) is 1. The van der Waals surface area contributed by atoms with Crippen molar-refractivity contribution in [2.24, 2.45) is 5.92 Å². The molecule has 6 heteroatoms. The maximum atomic E-state index is 12.2. The summed E-state index contributed by atoms with van der Waals surface area (Å²) >= 11 is 0. The topological polar surface area (TPSA) is 63.1 Å². The summed E-state index contributed by atoms with van der Waals surface area (Å²) in [5.74, 6) is 0.677. The number of aromatic nitrogens is 3. The van der Waals surface area contributed by atoms with E-state index in [-0.39, 0.29) is 5.91 Å². The van der Waals surface area contributed by atoms with E-state index in [9.17, 15) is 4.79 Å². The quantitative estimate of drug-likeness (QED) is 0.743. The zero-order valence-corrected chi connectivity index (χ0v) is 14.7. The number of nitrogens with zero attached hydrogens (tertiary/aromatic N) is 4. The molecule has 1 aromatic carbocycles. The number of carbonyl (C=O) groups is 1. The lowest BCUT2D eigenvalue weighted by Gasteiger charge is -2.32. The molecule has 0 radical (unpaired) electrons. The van der Waals surface area contributed by atoms with Crippen LogP contribution in [0.3, 0.4) is 0 Å². The van der Waals surface area contributed by atoms with E-state index in [1.54, 1.807) is 12.7 Å². The van der Waals surface area contributed by atoms with Gasteiger partial charge in [0.1, 0.15) is 12.7 Å². The van der Waals surface area contributed by atoms with E-state index < -0.39 is 0 Å². The zero-order valence-electron chi connectivity index (χ0n) is 14.7. The monoisotopic (exact) mass is 341 g/mol. The minimum atomic E-state index is 0.134. The number of piperidine rings is 1. The van der Waals surface area contributed by atoms with Gasteiger partial charge in [0.05, 0.1) is 6.54 Å². The van der Waals surface area contributed by atoms with Crippen LogP contribution in [0.4, 0.5) is 0 Å². The van der Waals surface area contributed by atoms with Gasteiger partial charge in [0, 0.05) is 19.6 Å². The van der Waals surface area contributed by atoms with Crippen molar-refractivity contribution in [3.8, 4) is 0 Å². The van der Waals surface area contributed by atoms with Gasteiger partial charge in [-0.05, 0) is 43.7 Å². The lowest BCUT2D eigenvalue weighted by Crippen LogP contribution is -2.43. The van der Waals surface area contributed by atoms with Gasteiger partial charge in [-0.15, -0.1) is 0 Å². The normalized spacial score (nSPS) is 18.2. The molecule has 0 aliphatic carbocycles. The van der Waals surface area contributed by atoms with E-state index in [1.807, 2.05) is 10.7 Å². The molecule has 1 amide bonds. The molecule has 134 valence electrons. The van der Waals surface area contributed by atoms with Crippen molar-refractivity contribution >= 4 is 5.91 Å². The van der Waals surface area contributed by atoms with E-state index in [4.69, 9.17) is 0 Å². The van der Waals surface area contributed by atoms with Crippen molar-refractivity contribution in [3.63, 3.8) is 0 Å². The van der Waals surface area contributed by atoms with Crippen LogP contribution in [0.1, 0.15) is 24.8 Å². The second-order valence-corrected chi connectivity index (χ2v) is 6.80. The molecule has 1 aliphatic heterocycles. The average Bonchev–Trinajstić information content (AvgIpc) is 3.13. The van der Waals surface area contributed by atoms with E-state index in [2.05, 4.69) is 44.6 Å². The van der Waals surface area contributed by atoms with E-state index in [0.29, 0.717) is 12.5 Å². The third-order valence-corrected chi connectivity index (χ3v) is 4.69. The third kappa shape index (κ3) is 5.98. The van der Waals surface area contributed by atoms with Gasteiger partial charge in [0.15, 0.2) is 0 Å². The number of rotatable bonds is 8. The summed E-state index contributed by atoms with van der Waals surface area (Å²) in [6, 6.07) is 10.4. The fourth-order valence-corrected chi connectivity index (χ4v) is 3.46. The fraction of sp³-hybridized carbons (Fsp3) is 0.526. The molecule has 1 aromatic heterocycles. The Kier molecular flexibility index (Phi) is 6.56. The number of hydrogen-bond acceptors (Lipinski definition) is 4. The predicted octanol–water partition coefficient (Wildman–Crippen LogP) is 1.74. The van der Waals surface area contributed by atoms with Crippen LogP contribution in [0.5, 0.6) is 0 Å². The Morgan fingerprint density at radius 1 is 1.28 bits per heavy atom. The summed E-state index contributed by atoms with van der Waals surface area (Å²) in [5.41, 5.74) is 1.32. The first-order valence-corrected chi connectivity index (χ1v) is 9.15. The second-order valence-electron chi connectivity index (χ2n) is 6.80. The summed E-state index contributed by atoms with van der Waals surface area (Å²) in [6.45, 7) is 4.08. The standard InChI is InChI=1S/C19H27N5O/c25-19(21-10-4-8-17-6-2-1-3-7-17)14-23-11-5-9-18(12-23)13-24-16-20-15-22-24/h1-3,6-7,15-16,18H,4-5,8-14H2,(H,21,25)/t18-/m0/s1. The van der Waals surface area contributed by atoms with Crippen molar-refractivity contribution in [1.29, 1.82) is 0 Å². The first-order chi connectivity index (χ1) is 12.3. The summed E-state index contributed by atoms with van der Waals surface area (Å²) in [4.78, 5) is 18.4. The Hall–Kier alpha value is -2.21. The Morgan fingerprint density at radius 3 is 2.96 bits per heavy atom. The molecule has 0 saturated carbocycles. The van der Waals surface area contributed by atoms with Gasteiger partial charge in [-0.1, -0.05) is 30.3 Å². The van der Waals surface area contributed by atoms with Crippen LogP contribution in [0.2, 0.25) is 0 Å². The molecule has 2 aromatic rings. The molecule has 25 heavy (non-hydrogen) atoms. The molecule has 6 nitrogen and oxygen atoms in total. The van der Waals surface area contributed by atoms with Crippen molar-refractivity contribution in [1.82, 2.24) is 25.0 Å². The SMILES string of the molecule is O=C(CN1CCC[C@H](Cn2cncn2)C1)NCCCc1ccccc1. The zero-order chi connectivity index (χ0) is 17.3. The predicted molar refractivity (Wildman–Crippen MR) is 97.0 cm³/mol. The van der Waals surface area contributed by atoms with Crippen molar-refractivity contribution in [2.75, 3.05) is 26.2 Å². The van der Waals surface area contributed by atoms with Crippen molar-refractivity contribution < 1.29 is 4.79 Å². The van der Waals surface area contributed by atoms with Gasteiger partial charge in [-0.2, -0.15) is 5.10 Å². The molecule has 0 spiro atoms. The van der Waals surface area contributed by atoms with Gasteiger partial charge in [-0.3, -0.25) is 14.4 Å². The van der Waals surface area contributed by atoms with Crippen LogP contribution in [-0.4, -0.2) is 51.8 Å². The average molecular weight is 341 g/mol. The van der Waals surface area contributed by atoms with Crippen LogP contribution in [-0.2, 0) is 17.8 Å². The van der Waals surface area contributed by atoms with Gasteiger partial charge >= 0.3 is 0 Å². The van der Waals surface area contributed by atoms with Crippen LogP contribution >= 0.6 is 0 Å². The molecule has 1 N–H and O–H groups in total. The summed E-state index contributed by atoms with van der Waals surface area (Å²) in [5, 5.41) is 7.23. The number of benzene rings is 1. The molecule has 3 rings (SSSR count). The molecule has 1 aliphatic rings. The Morgan fingerprint density at radius 2 is 2.16 bits per heavy atom. The van der Waals surface area contributed by atoms with Crippen LogP contribution in [0.25, 0.3) is 0 Å². The molecular formula is C19H27N5O. The molecule has 1 atom stereocenters. The maximum absolute atomic E-state index is 12.2. The highest BCUT2D eigenvalue weighted by molar-refractivity contribution is 5.77. The lowest BCUT2D eigenvalue weighted by molar-refractivity contribution is -0.122. The molecule has 0 unspecified atom stereocenters. The lowest BCUT2D eigenvalue weighted by atomic mass is 9.98. The van der Waals surface area contributed by atoms with Crippen LogP contribution < -0.4 is 5.32 Å². The number of carbonyl (C=O) groups excluding carboxylic acids is 1. The summed E-state index contributed by atoms with van der Waals surface area (Å²) < 4.78 is 1.89. The molecule has 1 saturated heterocycles. The largest absolute Gasteiger partial charge is 0.355 e. The van der Waals surface area contributed by atoms with E-state index in [1.165, 1.54) is 12.0 Å². The Bertz CT molecular complexity index is 629. The number of amides is 1. The minimum absolute atomic E-state index is 0.134. The minimum Gasteiger partial charge on any atom is -0.355 e. The number of aryl methyl sites for hydroxylation is 1. The van der Waals surface area contributed by atoms with E-state index in [0.717, 1.165) is 45.4 Å². The highest BCUT2D eigenvalue weighted by atomic mass is 16.2. The highest BCUT2D eigenvalue weighted by Crippen LogP contribution is 2.17. The number of nitrogens with one attached hydrogen (secondary N) is 1. The Labute approximate surface area is 149 Å². The fourth-order valence-electron chi connectivity index (χ4n) is 3.46. The number of hydrogen-bond donors (Lipinski definition) is 1. The molecule has 2 heterocycles. The Balaban J connectivity index is 1.33. The van der Waals surface area contributed by atoms with Gasteiger partial charge in [0.25, 0.3) is 0 Å². The summed E-state index contributed by atoms with van der Waals surface area (Å²) in [6.07, 6.45) is 7.65.